The second-order valence-electron chi connectivity index (χ2n) is 3.05. The molecule has 0 aromatic heterocycles. The van der Waals surface area contributed by atoms with Gasteiger partial charge in [0.25, 0.3) is 0 Å². The Bertz CT molecular complexity index is 97.4. The van der Waals surface area contributed by atoms with E-state index in [9.17, 15) is 4.79 Å². The Labute approximate surface area is 62.6 Å². The molecule has 0 atom stereocenters. The third kappa shape index (κ3) is 4.50. The maximum absolute atomic E-state index is 10.4. The van der Waals surface area contributed by atoms with Crippen molar-refractivity contribution in [2.75, 3.05) is 13.2 Å². The molecule has 0 saturated carbocycles. The van der Waals surface area contributed by atoms with Crippen LogP contribution in [0, 0.1) is 5.41 Å². The van der Waals surface area contributed by atoms with E-state index in [0.717, 1.165) is 19.3 Å². The minimum Gasteiger partial charge on any atom is -0.382 e. The molecule has 0 radical (unpaired) electrons. The van der Waals surface area contributed by atoms with Crippen molar-refractivity contribution in [3.63, 3.8) is 0 Å². The Morgan fingerprint density at radius 2 is 2.10 bits per heavy atom. The Balaban J connectivity index is 3.37. The average Bonchev–Trinajstić information content (AvgIpc) is 1.89. The summed E-state index contributed by atoms with van der Waals surface area (Å²) >= 11 is 0. The van der Waals surface area contributed by atoms with Crippen LogP contribution < -0.4 is 0 Å². The van der Waals surface area contributed by atoms with E-state index in [4.69, 9.17) is 4.74 Å². The number of aldehydes is 1. The molecule has 60 valence electrons. The van der Waals surface area contributed by atoms with Crippen LogP contribution in [0.3, 0.4) is 0 Å². The van der Waals surface area contributed by atoms with Crippen molar-refractivity contribution in [1.82, 2.24) is 0 Å². The zero-order valence-electron chi connectivity index (χ0n) is 7.02. The van der Waals surface area contributed by atoms with Gasteiger partial charge >= 0.3 is 0 Å². The first kappa shape index (κ1) is 9.63. The number of carbonyl (C=O) groups is 1. The van der Waals surface area contributed by atoms with Crippen LogP contribution in [0.5, 0.6) is 0 Å². The van der Waals surface area contributed by atoms with Crippen molar-refractivity contribution < 1.29 is 9.53 Å². The van der Waals surface area contributed by atoms with E-state index < -0.39 is 0 Å². The van der Waals surface area contributed by atoms with Crippen molar-refractivity contribution in [2.45, 2.75) is 27.2 Å². The van der Waals surface area contributed by atoms with Crippen LogP contribution in [-0.4, -0.2) is 19.5 Å². The Kier molecular flexibility index (Phi) is 4.28. The van der Waals surface area contributed by atoms with Crippen LogP contribution in [0.15, 0.2) is 0 Å². The third-order valence-corrected chi connectivity index (χ3v) is 1.41. The molecule has 0 aromatic carbocycles. The summed E-state index contributed by atoms with van der Waals surface area (Å²) in [5.74, 6) is 0. The summed E-state index contributed by atoms with van der Waals surface area (Å²) in [6.07, 6.45) is 1.79. The van der Waals surface area contributed by atoms with Crippen molar-refractivity contribution in [2.24, 2.45) is 5.41 Å². The van der Waals surface area contributed by atoms with Crippen molar-refractivity contribution in [3.8, 4) is 0 Å². The second kappa shape index (κ2) is 4.45. The van der Waals surface area contributed by atoms with E-state index >= 15 is 0 Å². The van der Waals surface area contributed by atoms with Gasteiger partial charge in [-0.05, 0) is 13.3 Å². The Morgan fingerprint density at radius 3 is 2.50 bits per heavy atom. The van der Waals surface area contributed by atoms with Gasteiger partial charge in [0.05, 0.1) is 0 Å². The maximum atomic E-state index is 10.4. The van der Waals surface area contributed by atoms with Gasteiger partial charge in [0, 0.05) is 18.6 Å². The van der Waals surface area contributed by atoms with E-state index in [-0.39, 0.29) is 5.41 Å². The van der Waals surface area contributed by atoms with Gasteiger partial charge in [-0.25, -0.2) is 0 Å². The zero-order valence-corrected chi connectivity index (χ0v) is 7.02. The lowest BCUT2D eigenvalue weighted by Crippen LogP contribution is -2.15. The molecular weight excluding hydrogens is 128 g/mol. The molecule has 0 aliphatic carbocycles. The average molecular weight is 144 g/mol. The summed E-state index contributed by atoms with van der Waals surface area (Å²) in [6.45, 7) is 7.20. The van der Waals surface area contributed by atoms with Gasteiger partial charge in [-0.1, -0.05) is 13.8 Å². The highest BCUT2D eigenvalue weighted by Gasteiger charge is 2.15. The summed E-state index contributed by atoms with van der Waals surface area (Å²) in [5.41, 5.74) is -0.213. The fraction of sp³-hybridized carbons (Fsp3) is 0.875. The quantitative estimate of drug-likeness (QED) is 0.433. The fourth-order valence-electron chi connectivity index (χ4n) is 0.538. The van der Waals surface area contributed by atoms with Crippen LogP contribution in [0.1, 0.15) is 27.2 Å². The lowest BCUT2D eigenvalue weighted by atomic mass is 9.92. The largest absolute Gasteiger partial charge is 0.382 e. The number of rotatable bonds is 5. The van der Waals surface area contributed by atoms with Crippen LogP contribution in [0.2, 0.25) is 0 Å². The van der Waals surface area contributed by atoms with Gasteiger partial charge in [-0.3, -0.25) is 0 Å². The summed E-state index contributed by atoms with van der Waals surface area (Å²) in [6, 6.07) is 0. The number of hydrogen-bond donors (Lipinski definition) is 0. The topological polar surface area (TPSA) is 26.3 Å². The third-order valence-electron chi connectivity index (χ3n) is 1.41. The molecule has 0 unspecified atom stereocenters. The number of hydrogen-bond acceptors (Lipinski definition) is 2. The zero-order chi connectivity index (χ0) is 8.04. The molecule has 0 rings (SSSR count). The molecule has 0 bridgehead atoms. The molecule has 0 aliphatic rings. The minimum atomic E-state index is -0.213. The van der Waals surface area contributed by atoms with Crippen molar-refractivity contribution >= 4 is 6.29 Å². The maximum Gasteiger partial charge on any atom is 0.125 e. The lowest BCUT2D eigenvalue weighted by Gasteiger charge is -2.15. The Hall–Kier alpha value is -0.370. The number of ether oxygens (including phenoxy) is 1. The molecule has 0 N–H and O–H groups in total. The van der Waals surface area contributed by atoms with Gasteiger partial charge in [-0.15, -0.1) is 0 Å². The predicted octanol–water partition coefficient (Wildman–Crippen LogP) is 1.64. The first-order valence-electron chi connectivity index (χ1n) is 3.66. The fourth-order valence-corrected chi connectivity index (χ4v) is 0.538. The van der Waals surface area contributed by atoms with Gasteiger partial charge in [-0.2, -0.15) is 0 Å². The first-order valence-corrected chi connectivity index (χ1v) is 3.66. The molecule has 0 spiro atoms. The molecular formula is C8H16O2. The molecule has 0 saturated heterocycles. The first-order chi connectivity index (χ1) is 4.62. The standard InChI is InChI=1S/C8H16O2/c1-4-10-6-5-8(2,3)7-9/h7H,4-6H2,1-3H3. The summed E-state index contributed by atoms with van der Waals surface area (Å²) in [5, 5.41) is 0. The second-order valence-corrected chi connectivity index (χ2v) is 3.05. The summed E-state index contributed by atoms with van der Waals surface area (Å²) < 4.78 is 5.11. The predicted molar refractivity (Wildman–Crippen MR) is 41.0 cm³/mol. The highest BCUT2D eigenvalue weighted by molar-refractivity contribution is 5.57. The van der Waals surface area contributed by atoms with Crippen molar-refractivity contribution in [1.29, 1.82) is 0 Å². The Morgan fingerprint density at radius 1 is 1.50 bits per heavy atom. The molecule has 0 fully saturated rings. The highest BCUT2D eigenvalue weighted by atomic mass is 16.5. The summed E-state index contributed by atoms with van der Waals surface area (Å²) in [7, 11) is 0. The monoisotopic (exact) mass is 144 g/mol. The molecule has 2 heteroatoms. The smallest absolute Gasteiger partial charge is 0.125 e. The minimum absolute atomic E-state index is 0.213. The van der Waals surface area contributed by atoms with E-state index in [1.807, 2.05) is 20.8 Å². The molecule has 0 aliphatic heterocycles. The van der Waals surface area contributed by atoms with Crippen LogP contribution in [-0.2, 0) is 9.53 Å². The van der Waals surface area contributed by atoms with Gasteiger partial charge in [0.2, 0.25) is 0 Å². The van der Waals surface area contributed by atoms with E-state index in [1.165, 1.54) is 0 Å². The van der Waals surface area contributed by atoms with E-state index in [1.54, 1.807) is 0 Å². The van der Waals surface area contributed by atoms with Gasteiger partial charge < -0.3 is 9.53 Å². The molecule has 0 heterocycles. The highest BCUT2D eigenvalue weighted by Crippen LogP contribution is 2.15. The van der Waals surface area contributed by atoms with Crippen LogP contribution >= 0.6 is 0 Å². The molecule has 2 nitrogen and oxygen atoms in total. The summed E-state index contributed by atoms with van der Waals surface area (Å²) in [4.78, 5) is 10.4. The number of carbonyl (C=O) groups excluding carboxylic acids is 1. The van der Waals surface area contributed by atoms with Crippen LogP contribution in [0.4, 0.5) is 0 Å². The molecule has 0 amide bonds. The van der Waals surface area contributed by atoms with Gasteiger partial charge in [0.15, 0.2) is 0 Å². The van der Waals surface area contributed by atoms with E-state index in [2.05, 4.69) is 0 Å². The normalized spacial score (nSPS) is 11.5. The van der Waals surface area contributed by atoms with Gasteiger partial charge in [0.1, 0.15) is 6.29 Å². The molecule has 0 aromatic rings. The van der Waals surface area contributed by atoms with E-state index in [0.29, 0.717) is 6.61 Å². The van der Waals surface area contributed by atoms with Crippen molar-refractivity contribution in [3.05, 3.63) is 0 Å². The van der Waals surface area contributed by atoms with Crippen LogP contribution in [0.25, 0.3) is 0 Å². The molecule has 10 heavy (non-hydrogen) atoms. The SMILES string of the molecule is CCOCCC(C)(C)C=O. The lowest BCUT2D eigenvalue weighted by molar-refractivity contribution is -0.115.